The van der Waals surface area contributed by atoms with Crippen LogP contribution in [0.15, 0.2) is 41.5 Å². The van der Waals surface area contributed by atoms with Gasteiger partial charge in [0.1, 0.15) is 5.15 Å². The predicted octanol–water partition coefficient (Wildman–Crippen LogP) is 3.02. The number of nitrogens with one attached hydrogen (secondary N) is 1. The van der Waals surface area contributed by atoms with E-state index in [9.17, 15) is 0 Å². The molecule has 1 aromatic carbocycles. The lowest BCUT2D eigenvalue weighted by molar-refractivity contribution is 0.354. The number of hydrogen-bond acceptors (Lipinski definition) is 4. The topological polar surface area (TPSA) is 81.8 Å². The summed E-state index contributed by atoms with van der Waals surface area (Å²) in [4.78, 5) is 8.36. The maximum atomic E-state index is 5.88. The Morgan fingerprint density at radius 2 is 1.88 bits per heavy atom. The molecule has 0 unspecified atom stereocenters. The molecule has 0 aliphatic rings. The van der Waals surface area contributed by atoms with Gasteiger partial charge in [-0.1, -0.05) is 23.7 Å². The van der Waals surface area contributed by atoms with Gasteiger partial charge in [0.05, 0.1) is 20.8 Å². The molecular weight excluding hydrogens is 455 g/mol. The van der Waals surface area contributed by atoms with E-state index in [0.717, 1.165) is 17.5 Å². The van der Waals surface area contributed by atoms with Crippen molar-refractivity contribution in [2.75, 3.05) is 20.8 Å². The smallest absolute Gasteiger partial charge is 0.188 e. The first-order valence-electron chi connectivity index (χ1n) is 7.47. The van der Waals surface area contributed by atoms with Crippen LogP contribution < -0.4 is 20.5 Å². The van der Waals surface area contributed by atoms with Crippen LogP contribution in [-0.2, 0) is 13.0 Å². The van der Waals surface area contributed by atoms with Gasteiger partial charge in [-0.05, 0) is 35.7 Å². The summed E-state index contributed by atoms with van der Waals surface area (Å²) in [7, 11) is 3.21. The Morgan fingerprint density at radius 1 is 1.16 bits per heavy atom. The molecule has 8 heteroatoms. The van der Waals surface area contributed by atoms with Crippen molar-refractivity contribution in [3.8, 4) is 11.5 Å². The molecule has 2 aromatic rings. The molecule has 1 heterocycles. The molecule has 2 rings (SSSR count). The molecule has 25 heavy (non-hydrogen) atoms. The van der Waals surface area contributed by atoms with Crippen LogP contribution in [0.5, 0.6) is 11.5 Å². The third-order valence-electron chi connectivity index (χ3n) is 3.39. The Kier molecular flexibility index (Phi) is 9.36. The fraction of sp³-hybridized carbons (Fsp3) is 0.294. The summed E-state index contributed by atoms with van der Waals surface area (Å²) in [5.41, 5.74) is 7.95. The van der Waals surface area contributed by atoms with Crippen LogP contribution in [-0.4, -0.2) is 31.7 Å². The lowest BCUT2D eigenvalue weighted by Crippen LogP contribution is -2.33. The maximum absolute atomic E-state index is 5.88. The van der Waals surface area contributed by atoms with Crippen LogP contribution in [0, 0.1) is 0 Å². The van der Waals surface area contributed by atoms with Crippen LogP contribution in [0.25, 0.3) is 0 Å². The van der Waals surface area contributed by atoms with Gasteiger partial charge in [0, 0.05) is 12.7 Å². The molecule has 3 N–H and O–H groups in total. The maximum Gasteiger partial charge on any atom is 0.188 e. The van der Waals surface area contributed by atoms with E-state index < -0.39 is 0 Å². The molecule has 0 saturated heterocycles. The number of halogens is 2. The van der Waals surface area contributed by atoms with Crippen LogP contribution in [0.2, 0.25) is 5.15 Å². The summed E-state index contributed by atoms with van der Waals surface area (Å²) < 4.78 is 10.5. The van der Waals surface area contributed by atoms with Gasteiger partial charge in [-0.25, -0.2) is 9.98 Å². The monoisotopic (exact) mass is 476 g/mol. The quantitative estimate of drug-likeness (QED) is 0.278. The van der Waals surface area contributed by atoms with Gasteiger partial charge in [-0.3, -0.25) is 0 Å². The Hall–Kier alpha value is -1.74. The molecule has 0 atom stereocenters. The zero-order chi connectivity index (χ0) is 17.4. The molecule has 0 saturated carbocycles. The Morgan fingerprint density at radius 3 is 2.52 bits per heavy atom. The Labute approximate surface area is 169 Å². The number of hydrogen-bond donors (Lipinski definition) is 2. The van der Waals surface area contributed by atoms with Crippen molar-refractivity contribution in [2.24, 2.45) is 10.7 Å². The highest BCUT2D eigenvalue weighted by molar-refractivity contribution is 14.0. The minimum absolute atomic E-state index is 0. The number of guanidine groups is 1. The molecule has 0 fully saturated rings. The largest absolute Gasteiger partial charge is 0.493 e. The van der Waals surface area contributed by atoms with E-state index in [1.165, 1.54) is 0 Å². The highest BCUT2D eigenvalue weighted by Crippen LogP contribution is 2.27. The first kappa shape index (κ1) is 21.3. The second-order valence-electron chi connectivity index (χ2n) is 5.06. The van der Waals surface area contributed by atoms with Gasteiger partial charge in [0.25, 0.3) is 0 Å². The van der Waals surface area contributed by atoms with Gasteiger partial charge >= 0.3 is 0 Å². The average Bonchev–Trinajstić information content (AvgIpc) is 2.61. The number of methoxy groups -OCH3 is 2. The lowest BCUT2D eigenvalue weighted by atomic mass is 10.2. The van der Waals surface area contributed by atoms with E-state index in [4.69, 9.17) is 26.8 Å². The van der Waals surface area contributed by atoms with Crippen molar-refractivity contribution < 1.29 is 9.47 Å². The van der Waals surface area contributed by atoms with Crippen molar-refractivity contribution in [1.82, 2.24) is 10.3 Å². The van der Waals surface area contributed by atoms with Gasteiger partial charge in [0.15, 0.2) is 17.5 Å². The fourth-order valence-corrected chi connectivity index (χ4v) is 2.21. The summed E-state index contributed by atoms with van der Waals surface area (Å²) in [6.45, 7) is 1.13. The molecule has 0 aliphatic heterocycles. The van der Waals surface area contributed by atoms with Crippen molar-refractivity contribution in [3.05, 3.63) is 52.8 Å². The Bertz CT molecular complexity index is 696. The van der Waals surface area contributed by atoms with Crippen molar-refractivity contribution in [2.45, 2.75) is 13.0 Å². The van der Waals surface area contributed by atoms with Crippen LogP contribution in [0.1, 0.15) is 11.1 Å². The van der Waals surface area contributed by atoms with Gasteiger partial charge < -0.3 is 20.5 Å². The van der Waals surface area contributed by atoms with E-state index in [1.54, 1.807) is 26.5 Å². The number of ether oxygens (including phenoxy) is 2. The van der Waals surface area contributed by atoms with Gasteiger partial charge in [0.2, 0.25) is 0 Å². The second-order valence-corrected chi connectivity index (χ2v) is 5.44. The van der Waals surface area contributed by atoms with Crippen molar-refractivity contribution in [3.63, 3.8) is 0 Å². The molecule has 0 radical (unpaired) electrons. The van der Waals surface area contributed by atoms with E-state index in [0.29, 0.717) is 35.7 Å². The first-order valence-corrected chi connectivity index (χ1v) is 7.85. The fourth-order valence-electron chi connectivity index (χ4n) is 2.10. The van der Waals surface area contributed by atoms with Crippen LogP contribution >= 0.6 is 35.6 Å². The average molecular weight is 477 g/mol. The Balaban J connectivity index is 0.00000312. The lowest BCUT2D eigenvalue weighted by Gasteiger charge is -2.09. The molecule has 1 aromatic heterocycles. The normalized spacial score (nSPS) is 10.8. The van der Waals surface area contributed by atoms with E-state index in [1.807, 2.05) is 24.3 Å². The minimum Gasteiger partial charge on any atom is -0.493 e. The number of rotatable bonds is 7. The van der Waals surface area contributed by atoms with Crippen LogP contribution in [0.3, 0.4) is 0 Å². The van der Waals surface area contributed by atoms with Crippen molar-refractivity contribution >= 4 is 41.5 Å². The molecule has 6 nitrogen and oxygen atoms in total. The first-order chi connectivity index (χ1) is 11.6. The van der Waals surface area contributed by atoms with Gasteiger partial charge in [-0.15, -0.1) is 24.0 Å². The number of nitrogens with two attached hydrogens (primary N) is 1. The SMILES string of the molecule is COc1ccc(CN=C(N)NCCc2ccc(Cl)nc2)cc1OC.I. The number of benzene rings is 1. The second kappa shape index (κ2) is 11.0. The summed E-state index contributed by atoms with van der Waals surface area (Å²) in [6, 6.07) is 9.37. The summed E-state index contributed by atoms with van der Waals surface area (Å²) in [5, 5.41) is 3.57. The summed E-state index contributed by atoms with van der Waals surface area (Å²) in [5.74, 6) is 1.76. The van der Waals surface area contributed by atoms with Gasteiger partial charge in [-0.2, -0.15) is 0 Å². The van der Waals surface area contributed by atoms with E-state index in [-0.39, 0.29) is 24.0 Å². The van der Waals surface area contributed by atoms with Crippen LogP contribution in [0.4, 0.5) is 0 Å². The minimum atomic E-state index is 0. The van der Waals surface area contributed by atoms with E-state index in [2.05, 4.69) is 15.3 Å². The number of nitrogens with zero attached hydrogens (tertiary/aromatic N) is 2. The number of aromatic nitrogens is 1. The zero-order valence-electron chi connectivity index (χ0n) is 14.2. The van der Waals surface area contributed by atoms with Crippen molar-refractivity contribution in [1.29, 1.82) is 0 Å². The third kappa shape index (κ3) is 6.95. The predicted molar refractivity (Wildman–Crippen MR) is 111 cm³/mol. The molecule has 0 amide bonds. The molecule has 136 valence electrons. The third-order valence-corrected chi connectivity index (χ3v) is 3.61. The number of pyridine rings is 1. The zero-order valence-corrected chi connectivity index (χ0v) is 17.2. The summed E-state index contributed by atoms with van der Waals surface area (Å²) >= 11 is 5.75. The standard InChI is InChI=1S/C17H21ClN4O2.HI/c1-23-14-5-3-13(9-15(14)24-2)11-22-17(19)20-8-7-12-4-6-16(18)21-10-12;/h3-6,9-10H,7-8,11H2,1-2H3,(H3,19,20,22);1H. The summed E-state index contributed by atoms with van der Waals surface area (Å²) in [6.07, 6.45) is 2.54. The molecule has 0 aliphatic carbocycles. The molecule has 0 bridgehead atoms. The highest BCUT2D eigenvalue weighted by atomic mass is 127. The number of aliphatic imine (C=N–C) groups is 1. The van der Waals surface area contributed by atoms with E-state index >= 15 is 0 Å². The molecular formula is C17H22ClIN4O2. The molecule has 0 spiro atoms. The highest BCUT2D eigenvalue weighted by Gasteiger charge is 2.04.